The first-order valence-electron chi connectivity index (χ1n) is 9.53. The van der Waals surface area contributed by atoms with Gasteiger partial charge in [0, 0.05) is 42.2 Å². The number of aryl methyl sites for hydroxylation is 1. The fourth-order valence-corrected chi connectivity index (χ4v) is 3.61. The van der Waals surface area contributed by atoms with Crippen molar-refractivity contribution in [3.8, 4) is 0 Å². The molecule has 1 aliphatic heterocycles. The molecule has 1 fully saturated rings. The summed E-state index contributed by atoms with van der Waals surface area (Å²) in [5.74, 6) is -0.124. The summed E-state index contributed by atoms with van der Waals surface area (Å²) >= 11 is 0. The third-order valence-electron chi connectivity index (χ3n) is 5.10. The lowest BCUT2D eigenvalue weighted by Crippen LogP contribution is -2.38. The van der Waals surface area contributed by atoms with Gasteiger partial charge in [-0.25, -0.2) is 0 Å². The molecule has 1 aromatic carbocycles. The second-order valence-electron chi connectivity index (χ2n) is 7.27. The van der Waals surface area contributed by atoms with Crippen LogP contribution >= 0.6 is 0 Å². The molecule has 1 saturated heterocycles. The number of aromatic amines is 1. The van der Waals surface area contributed by atoms with Gasteiger partial charge in [0.2, 0.25) is 0 Å². The Morgan fingerprint density at radius 3 is 2.82 bits per heavy atom. The molecule has 1 N–H and O–H groups in total. The van der Waals surface area contributed by atoms with Crippen molar-refractivity contribution in [2.75, 3.05) is 13.2 Å². The number of hydrogen-bond donors (Lipinski definition) is 1. The normalized spacial score (nSPS) is 16.4. The maximum Gasteiger partial charge on any atom is 0.254 e. The molecule has 2 aromatic heterocycles. The van der Waals surface area contributed by atoms with Crippen LogP contribution in [0.3, 0.4) is 0 Å². The molecule has 0 aliphatic carbocycles. The molecule has 6 heteroatoms. The SMILES string of the molecule is Cc1ccc2cc(CN(C[C@H]3CCCO3)C(=O)c3ccncc3)c(=O)[nH]c2c1. The lowest BCUT2D eigenvalue weighted by atomic mass is 10.1. The number of H-pyrrole nitrogens is 1. The molecule has 0 bridgehead atoms. The maximum atomic E-state index is 13.1. The van der Waals surface area contributed by atoms with Crippen LogP contribution in [0.4, 0.5) is 0 Å². The van der Waals surface area contributed by atoms with E-state index in [0.717, 1.165) is 35.9 Å². The minimum absolute atomic E-state index is 0.00738. The summed E-state index contributed by atoms with van der Waals surface area (Å²) in [4.78, 5) is 34.4. The third kappa shape index (κ3) is 3.97. The summed E-state index contributed by atoms with van der Waals surface area (Å²) in [6.07, 6.45) is 5.13. The largest absolute Gasteiger partial charge is 0.376 e. The zero-order valence-electron chi connectivity index (χ0n) is 15.9. The molecule has 144 valence electrons. The molecule has 3 heterocycles. The molecule has 4 rings (SSSR count). The highest BCUT2D eigenvalue weighted by Crippen LogP contribution is 2.18. The standard InChI is InChI=1S/C22H23N3O3/c1-15-4-5-17-12-18(21(26)24-20(17)11-15)13-25(14-19-3-2-10-28-19)22(27)16-6-8-23-9-7-16/h4-9,11-12,19H,2-3,10,13-14H2,1H3,(H,24,26)/t19-/m1/s1. The smallest absolute Gasteiger partial charge is 0.254 e. The van der Waals surface area contributed by atoms with Crippen LogP contribution in [0.2, 0.25) is 0 Å². The van der Waals surface area contributed by atoms with Gasteiger partial charge in [0.05, 0.1) is 12.6 Å². The quantitative estimate of drug-likeness (QED) is 0.742. The second kappa shape index (κ2) is 7.94. The zero-order chi connectivity index (χ0) is 19.5. The van der Waals surface area contributed by atoms with Gasteiger partial charge in [-0.15, -0.1) is 0 Å². The van der Waals surface area contributed by atoms with E-state index in [1.165, 1.54) is 0 Å². The molecular weight excluding hydrogens is 354 g/mol. The highest BCUT2D eigenvalue weighted by molar-refractivity contribution is 5.94. The van der Waals surface area contributed by atoms with Gasteiger partial charge in [-0.1, -0.05) is 12.1 Å². The minimum atomic E-state index is -0.169. The van der Waals surface area contributed by atoms with E-state index in [1.54, 1.807) is 29.4 Å². The first-order valence-corrected chi connectivity index (χ1v) is 9.53. The summed E-state index contributed by atoms with van der Waals surface area (Å²) in [6.45, 7) is 3.41. The summed E-state index contributed by atoms with van der Waals surface area (Å²) in [5, 5.41) is 0.952. The van der Waals surface area contributed by atoms with Crippen molar-refractivity contribution in [2.45, 2.75) is 32.4 Å². The Balaban J connectivity index is 1.65. The van der Waals surface area contributed by atoms with Crippen molar-refractivity contribution in [1.82, 2.24) is 14.9 Å². The van der Waals surface area contributed by atoms with Crippen LogP contribution in [-0.4, -0.2) is 40.0 Å². The van der Waals surface area contributed by atoms with Crippen molar-refractivity contribution in [3.05, 3.63) is 75.8 Å². The summed E-state index contributed by atoms with van der Waals surface area (Å²) in [5.41, 5.74) is 2.85. The lowest BCUT2D eigenvalue weighted by Gasteiger charge is -2.25. The molecule has 1 aliphatic rings. The van der Waals surface area contributed by atoms with Crippen LogP contribution in [-0.2, 0) is 11.3 Å². The van der Waals surface area contributed by atoms with Gasteiger partial charge in [0.15, 0.2) is 0 Å². The number of aromatic nitrogens is 2. The number of rotatable bonds is 5. The van der Waals surface area contributed by atoms with Gasteiger partial charge < -0.3 is 14.6 Å². The molecule has 6 nitrogen and oxygen atoms in total. The van der Waals surface area contributed by atoms with E-state index in [4.69, 9.17) is 4.74 Å². The second-order valence-corrected chi connectivity index (χ2v) is 7.27. The number of nitrogens with zero attached hydrogens (tertiary/aromatic N) is 2. The number of carbonyl (C=O) groups excluding carboxylic acids is 1. The van der Waals surface area contributed by atoms with Gasteiger partial charge in [-0.2, -0.15) is 0 Å². The van der Waals surface area contributed by atoms with Crippen LogP contribution in [0.1, 0.15) is 34.3 Å². The number of benzene rings is 1. The Hall–Kier alpha value is -2.99. The summed E-state index contributed by atoms with van der Waals surface area (Å²) in [7, 11) is 0. The van der Waals surface area contributed by atoms with Gasteiger partial charge >= 0.3 is 0 Å². The average molecular weight is 377 g/mol. The number of ether oxygens (including phenoxy) is 1. The van der Waals surface area contributed by atoms with Crippen molar-refractivity contribution in [2.24, 2.45) is 0 Å². The molecule has 0 spiro atoms. The van der Waals surface area contributed by atoms with Gasteiger partial charge in [0.25, 0.3) is 11.5 Å². The van der Waals surface area contributed by atoms with Crippen molar-refractivity contribution in [3.63, 3.8) is 0 Å². The molecule has 3 aromatic rings. The van der Waals surface area contributed by atoms with Crippen LogP contribution in [0, 0.1) is 6.92 Å². The molecule has 0 unspecified atom stereocenters. The van der Waals surface area contributed by atoms with Gasteiger partial charge in [0.1, 0.15) is 0 Å². The number of fused-ring (bicyclic) bond motifs is 1. The van der Waals surface area contributed by atoms with E-state index in [-0.39, 0.29) is 24.1 Å². The minimum Gasteiger partial charge on any atom is -0.376 e. The van der Waals surface area contributed by atoms with E-state index in [2.05, 4.69) is 9.97 Å². The van der Waals surface area contributed by atoms with E-state index in [1.807, 2.05) is 31.2 Å². The Morgan fingerprint density at radius 2 is 2.07 bits per heavy atom. The number of hydrogen-bond acceptors (Lipinski definition) is 4. The summed E-state index contributed by atoms with van der Waals surface area (Å²) < 4.78 is 5.73. The fraction of sp³-hybridized carbons (Fsp3) is 0.318. The van der Waals surface area contributed by atoms with Gasteiger partial charge in [-0.05, 0) is 55.0 Å². The van der Waals surface area contributed by atoms with Crippen molar-refractivity contribution < 1.29 is 9.53 Å². The molecule has 1 atom stereocenters. The Kier molecular flexibility index (Phi) is 5.21. The number of nitrogens with one attached hydrogen (secondary N) is 1. The Labute approximate surface area is 163 Å². The van der Waals surface area contributed by atoms with Gasteiger partial charge in [-0.3, -0.25) is 14.6 Å². The van der Waals surface area contributed by atoms with E-state index >= 15 is 0 Å². The van der Waals surface area contributed by atoms with E-state index < -0.39 is 0 Å². The monoisotopic (exact) mass is 377 g/mol. The average Bonchev–Trinajstić information content (AvgIpc) is 3.21. The number of amides is 1. The predicted octanol–water partition coefficient (Wildman–Crippen LogP) is 3.05. The predicted molar refractivity (Wildman–Crippen MR) is 107 cm³/mol. The summed E-state index contributed by atoms with van der Waals surface area (Å²) in [6, 6.07) is 11.2. The Morgan fingerprint density at radius 1 is 1.25 bits per heavy atom. The molecular formula is C22H23N3O3. The number of pyridine rings is 2. The Bertz CT molecular complexity index is 1040. The topological polar surface area (TPSA) is 75.3 Å². The van der Waals surface area contributed by atoms with Crippen LogP contribution < -0.4 is 5.56 Å². The zero-order valence-corrected chi connectivity index (χ0v) is 15.9. The van der Waals surface area contributed by atoms with Crippen molar-refractivity contribution in [1.29, 1.82) is 0 Å². The fourth-order valence-electron chi connectivity index (χ4n) is 3.61. The molecule has 28 heavy (non-hydrogen) atoms. The van der Waals surface area contributed by atoms with E-state index in [9.17, 15) is 9.59 Å². The molecule has 0 saturated carbocycles. The highest BCUT2D eigenvalue weighted by atomic mass is 16.5. The lowest BCUT2D eigenvalue weighted by molar-refractivity contribution is 0.0506. The third-order valence-corrected chi connectivity index (χ3v) is 5.10. The van der Waals surface area contributed by atoms with Crippen LogP contribution in [0.5, 0.6) is 0 Å². The molecule has 1 amide bonds. The number of carbonyl (C=O) groups is 1. The van der Waals surface area contributed by atoms with Crippen molar-refractivity contribution >= 4 is 16.8 Å². The first-order chi connectivity index (χ1) is 13.6. The van der Waals surface area contributed by atoms with Crippen LogP contribution in [0.15, 0.2) is 53.6 Å². The maximum absolute atomic E-state index is 13.1. The highest BCUT2D eigenvalue weighted by Gasteiger charge is 2.24. The van der Waals surface area contributed by atoms with E-state index in [0.29, 0.717) is 17.7 Å². The molecule has 0 radical (unpaired) electrons. The van der Waals surface area contributed by atoms with Crippen LogP contribution in [0.25, 0.3) is 10.9 Å². The first kappa shape index (κ1) is 18.4.